The number of nitrogens with zero attached hydrogens (tertiary/aromatic N) is 2. The Labute approximate surface area is 130 Å². The van der Waals surface area contributed by atoms with Crippen LogP contribution < -0.4 is 10.6 Å². The first kappa shape index (κ1) is 16.0. The van der Waals surface area contributed by atoms with Gasteiger partial charge in [-0.3, -0.25) is 0 Å². The van der Waals surface area contributed by atoms with Crippen molar-refractivity contribution in [1.29, 1.82) is 0 Å². The summed E-state index contributed by atoms with van der Waals surface area (Å²) >= 11 is 0. The fraction of sp³-hybridized carbons (Fsp3) is 0.375. The molecule has 118 valence electrons. The van der Waals surface area contributed by atoms with Gasteiger partial charge in [-0.15, -0.1) is 0 Å². The average molecular weight is 302 g/mol. The Morgan fingerprint density at radius 3 is 2.73 bits per heavy atom. The number of aliphatic hydroxyl groups excluding tert-OH is 1. The number of hydrogen-bond acceptors (Lipinski definition) is 3. The van der Waals surface area contributed by atoms with Crippen LogP contribution in [0.3, 0.4) is 0 Å². The molecule has 0 spiro atoms. The van der Waals surface area contributed by atoms with Crippen molar-refractivity contribution in [1.82, 2.24) is 20.4 Å². The van der Waals surface area contributed by atoms with E-state index in [1.807, 2.05) is 43.5 Å². The van der Waals surface area contributed by atoms with E-state index in [0.29, 0.717) is 25.9 Å². The molecule has 2 rings (SSSR count). The number of carbonyl (C=O) groups excluding carboxylic acids is 1. The second-order valence-corrected chi connectivity index (χ2v) is 5.08. The summed E-state index contributed by atoms with van der Waals surface area (Å²) < 4.78 is 1.78. The number of aliphatic hydroxyl groups is 1. The number of amides is 2. The van der Waals surface area contributed by atoms with E-state index in [1.54, 1.807) is 10.9 Å². The zero-order chi connectivity index (χ0) is 15.8. The molecule has 0 aliphatic rings. The van der Waals surface area contributed by atoms with Crippen LogP contribution in [0.5, 0.6) is 0 Å². The molecule has 6 heteroatoms. The lowest BCUT2D eigenvalue weighted by molar-refractivity contribution is 0.160. The van der Waals surface area contributed by atoms with Gasteiger partial charge in [-0.05, 0) is 36.6 Å². The Bertz CT molecular complexity index is 566. The normalized spacial score (nSPS) is 11.9. The van der Waals surface area contributed by atoms with Crippen LogP contribution >= 0.6 is 0 Å². The highest BCUT2D eigenvalue weighted by atomic mass is 16.3. The first-order chi connectivity index (χ1) is 10.7. The summed E-state index contributed by atoms with van der Waals surface area (Å²) in [5, 5.41) is 19.1. The molecule has 0 saturated carbocycles. The monoisotopic (exact) mass is 302 g/mol. The molecular formula is C16H22N4O2. The minimum atomic E-state index is -0.352. The molecule has 1 unspecified atom stereocenters. The zero-order valence-corrected chi connectivity index (χ0v) is 12.7. The molecule has 22 heavy (non-hydrogen) atoms. The molecule has 0 aliphatic heterocycles. The maximum atomic E-state index is 11.6. The number of hydrogen-bond donors (Lipinski definition) is 3. The summed E-state index contributed by atoms with van der Waals surface area (Å²) in [7, 11) is 0. The maximum Gasteiger partial charge on any atom is 0.315 e. The van der Waals surface area contributed by atoms with Crippen molar-refractivity contribution < 1.29 is 9.90 Å². The number of aromatic nitrogens is 2. The van der Waals surface area contributed by atoms with Crippen molar-refractivity contribution in [3.8, 4) is 5.69 Å². The summed E-state index contributed by atoms with van der Waals surface area (Å²) in [5.74, 6) is 0. The maximum absolute atomic E-state index is 11.6. The first-order valence-electron chi connectivity index (χ1n) is 7.47. The number of nitrogens with one attached hydrogen (secondary N) is 2. The highest BCUT2D eigenvalue weighted by molar-refractivity contribution is 5.73. The van der Waals surface area contributed by atoms with Crippen LogP contribution in [0.15, 0.2) is 42.7 Å². The van der Waals surface area contributed by atoms with E-state index in [2.05, 4.69) is 15.7 Å². The third-order valence-electron chi connectivity index (χ3n) is 3.39. The lowest BCUT2D eigenvalue weighted by atomic mass is 10.2. The van der Waals surface area contributed by atoms with Gasteiger partial charge in [0, 0.05) is 25.5 Å². The van der Waals surface area contributed by atoms with Gasteiger partial charge < -0.3 is 15.7 Å². The number of benzene rings is 1. The second-order valence-electron chi connectivity index (χ2n) is 5.08. The van der Waals surface area contributed by atoms with Crippen LogP contribution in [0.25, 0.3) is 5.69 Å². The SMILES string of the molecule is CCC(O)CCNC(=O)NCc1ccc(-n2cccn2)cc1. The molecule has 1 aromatic carbocycles. The van der Waals surface area contributed by atoms with E-state index in [9.17, 15) is 9.90 Å². The molecule has 0 saturated heterocycles. The van der Waals surface area contributed by atoms with E-state index >= 15 is 0 Å². The number of carbonyl (C=O) groups is 1. The minimum Gasteiger partial charge on any atom is -0.393 e. The predicted molar refractivity (Wildman–Crippen MR) is 84.7 cm³/mol. The van der Waals surface area contributed by atoms with Gasteiger partial charge in [0.1, 0.15) is 0 Å². The third-order valence-corrected chi connectivity index (χ3v) is 3.39. The number of rotatable bonds is 7. The van der Waals surface area contributed by atoms with Crippen molar-refractivity contribution in [2.75, 3.05) is 6.54 Å². The second kappa shape index (κ2) is 8.19. The topological polar surface area (TPSA) is 79.2 Å². The van der Waals surface area contributed by atoms with Crippen LogP contribution in [-0.4, -0.2) is 33.6 Å². The molecule has 2 aromatic rings. The van der Waals surface area contributed by atoms with Gasteiger partial charge in [-0.2, -0.15) is 5.10 Å². The molecule has 0 fully saturated rings. The standard InChI is InChI=1S/C16H22N4O2/c1-2-15(21)8-10-17-16(22)18-12-13-4-6-14(7-5-13)20-11-3-9-19-20/h3-7,9,11,15,21H,2,8,10,12H2,1H3,(H2,17,18,22). The van der Waals surface area contributed by atoms with Crippen molar-refractivity contribution in [3.05, 3.63) is 48.3 Å². The fourth-order valence-corrected chi connectivity index (χ4v) is 1.99. The third kappa shape index (κ3) is 4.89. The Morgan fingerprint density at radius 1 is 1.32 bits per heavy atom. The molecule has 6 nitrogen and oxygen atoms in total. The van der Waals surface area contributed by atoms with Crippen LogP contribution in [0, 0.1) is 0 Å². The molecular weight excluding hydrogens is 280 g/mol. The predicted octanol–water partition coefficient (Wildman–Crippen LogP) is 1.83. The van der Waals surface area contributed by atoms with Crippen LogP contribution in [-0.2, 0) is 6.54 Å². The molecule has 1 heterocycles. The van der Waals surface area contributed by atoms with Crippen molar-refractivity contribution in [3.63, 3.8) is 0 Å². The van der Waals surface area contributed by atoms with Gasteiger partial charge in [0.25, 0.3) is 0 Å². The molecule has 1 aromatic heterocycles. The van der Waals surface area contributed by atoms with Crippen LogP contribution in [0.4, 0.5) is 4.79 Å². The summed E-state index contributed by atoms with van der Waals surface area (Å²) in [6, 6.07) is 9.48. The minimum absolute atomic E-state index is 0.223. The molecule has 1 atom stereocenters. The smallest absolute Gasteiger partial charge is 0.315 e. The van der Waals surface area contributed by atoms with Gasteiger partial charge in [0.05, 0.1) is 11.8 Å². The lowest BCUT2D eigenvalue weighted by Crippen LogP contribution is -2.36. The highest BCUT2D eigenvalue weighted by Gasteiger charge is 2.03. The molecule has 0 radical (unpaired) electrons. The first-order valence-corrected chi connectivity index (χ1v) is 7.47. The summed E-state index contributed by atoms with van der Waals surface area (Å²) in [6.07, 6.45) is 4.53. The van der Waals surface area contributed by atoms with Crippen molar-refractivity contribution in [2.24, 2.45) is 0 Å². The van der Waals surface area contributed by atoms with Gasteiger partial charge in [0.15, 0.2) is 0 Å². The van der Waals surface area contributed by atoms with Crippen molar-refractivity contribution in [2.45, 2.75) is 32.4 Å². The Hall–Kier alpha value is -2.34. The summed E-state index contributed by atoms with van der Waals surface area (Å²) in [4.78, 5) is 11.6. The molecule has 0 aliphatic carbocycles. The average Bonchev–Trinajstić information content (AvgIpc) is 3.07. The molecule has 0 bridgehead atoms. The highest BCUT2D eigenvalue weighted by Crippen LogP contribution is 2.08. The lowest BCUT2D eigenvalue weighted by Gasteiger charge is -2.10. The van der Waals surface area contributed by atoms with Gasteiger partial charge in [-0.1, -0.05) is 19.1 Å². The van der Waals surface area contributed by atoms with E-state index in [-0.39, 0.29) is 12.1 Å². The Morgan fingerprint density at radius 2 is 2.09 bits per heavy atom. The Kier molecular flexibility index (Phi) is 5.97. The van der Waals surface area contributed by atoms with E-state index in [0.717, 1.165) is 11.3 Å². The molecule has 3 N–H and O–H groups in total. The fourth-order valence-electron chi connectivity index (χ4n) is 1.99. The van der Waals surface area contributed by atoms with Crippen molar-refractivity contribution >= 4 is 6.03 Å². The summed E-state index contributed by atoms with van der Waals surface area (Å²) in [5.41, 5.74) is 1.99. The van der Waals surface area contributed by atoms with Gasteiger partial charge in [-0.25, -0.2) is 9.48 Å². The zero-order valence-electron chi connectivity index (χ0n) is 12.7. The van der Waals surface area contributed by atoms with Gasteiger partial charge >= 0.3 is 6.03 Å². The van der Waals surface area contributed by atoms with E-state index in [4.69, 9.17) is 0 Å². The summed E-state index contributed by atoms with van der Waals surface area (Å²) in [6.45, 7) is 2.85. The largest absolute Gasteiger partial charge is 0.393 e. The van der Waals surface area contributed by atoms with E-state index in [1.165, 1.54) is 0 Å². The molecule has 2 amide bonds. The quantitative estimate of drug-likeness (QED) is 0.730. The van der Waals surface area contributed by atoms with Crippen LogP contribution in [0.1, 0.15) is 25.3 Å². The van der Waals surface area contributed by atoms with E-state index < -0.39 is 0 Å². The Balaban J connectivity index is 1.73. The number of urea groups is 1. The van der Waals surface area contributed by atoms with Gasteiger partial charge in [0.2, 0.25) is 0 Å². The van der Waals surface area contributed by atoms with Crippen LogP contribution in [0.2, 0.25) is 0 Å².